The molecule has 0 spiro atoms. The molecule has 1 rings (SSSR count). The first-order valence-corrected chi connectivity index (χ1v) is 10.9. The number of carbonyl (C=O) groups excluding carboxylic acids is 1. The molecule has 0 saturated heterocycles. The molecule has 1 amide bonds. The third-order valence-electron chi connectivity index (χ3n) is 3.94. The van der Waals surface area contributed by atoms with Crippen molar-refractivity contribution in [3.63, 3.8) is 0 Å². The molecule has 0 heterocycles. The van der Waals surface area contributed by atoms with E-state index >= 15 is 0 Å². The molecule has 136 valence electrons. The average molecular weight is 419 g/mol. The Balaban J connectivity index is 2.75. The number of sulfonamides is 1. The van der Waals surface area contributed by atoms with Gasteiger partial charge in [-0.2, -0.15) is 0 Å². The number of nitrogens with zero attached hydrogens (tertiary/aromatic N) is 1. The fraction of sp³-hybridized carbons (Fsp3) is 0.588. The van der Waals surface area contributed by atoms with Crippen LogP contribution in [-0.4, -0.2) is 33.7 Å². The van der Waals surface area contributed by atoms with E-state index in [1.54, 1.807) is 24.3 Å². The summed E-state index contributed by atoms with van der Waals surface area (Å²) in [6, 6.07) is 6.97. The molecular weight excluding hydrogens is 392 g/mol. The van der Waals surface area contributed by atoms with Gasteiger partial charge in [-0.15, -0.1) is 0 Å². The number of rotatable bonds is 10. The highest BCUT2D eigenvalue weighted by molar-refractivity contribution is 9.10. The Morgan fingerprint density at radius 1 is 1.29 bits per heavy atom. The number of hydrogen-bond donors (Lipinski definition) is 1. The van der Waals surface area contributed by atoms with Crippen molar-refractivity contribution in [2.24, 2.45) is 5.92 Å². The fourth-order valence-electron chi connectivity index (χ4n) is 2.42. The average Bonchev–Trinajstić information content (AvgIpc) is 2.52. The van der Waals surface area contributed by atoms with Gasteiger partial charge in [0.05, 0.1) is 11.9 Å². The molecule has 0 bridgehead atoms. The molecule has 0 aliphatic heterocycles. The lowest BCUT2D eigenvalue weighted by Gasteiger charge is -2.23. The quantitative estimate of drug-likeness (QED) is 0.631. The zero-order chi connectivity index (χ0) is 18.2. The molecule has 7 heteroatoms. The summed E-state index contributed by atoms with van der Waals surface area (Å²) in [5, 5.41) is 2.87. The van der Waals surface area contributed by atoms with Crippen LogP contribution in [0.2, 0.25) is 0 Å². The summed E-state index contributed by atoms with van der Waals surface area (Å²) < 4.78 is 25.9. The number of anilines is 1. The number of benzene rings is 1. The number of amides is 1. The van der Waals surface area contributed by atoms with Crippen molar-refractivity contribution in [1.29, 1.82) is 0 Å². The van der Waals surface area contributed by atoms with Crippen LogP contribution in [0.3, 0.4) is 0 Å². The summed E-state index contributed by atoms with van der Waals surface area (Å²) in [7, 11) is -3.55. The number of para-hydroxylation sites is 1. The molecule has 1 atom stereocenters. The van der Waals surface area contributed by atoms with Crippen LogP contribution in [0.4, 0.5) is 5.69 Å². The van der Waals surface area contributed by atoms with Gasteiger partial charge in [0.25, 0.3) is 0 Å². The van der Waals surface area contributed by atoms with Gasteiger partial charge in [0.2, 0.25) is 15.9 Å². The molecule has 0 unspecified atom stereocenters. The summed E-state index contributed by atoms with van der Waals surface area (Å²) in [6.07, 6.45) is 5.46. The van der Waals surface area contributed by atoms with E-state index in [1.807, 2.05) is 0 Å². The number of halogens is 1. The lowest BCUT2D eigenvalue weighted by molar-refractivity contribution is -0.119. The molecule has 0 aliphatic carbocycles. The lowest BCUT2D eigenvalue weighted by atomic mass is 9.99. The number of nitrogens with one attached hydrogen (secondary N) is 1. The van der Waals surface area contributed by atoms with Crippen LogP contribution in [0.25, 0.3) is 0 Å². The first-order chi connectivity index (χ1) is 11.3. The van der Waals surface area contributed by atoms with Crippen LogP contribution in [0.5, 0.6) is 0 Å². The van der Waals surface area contributed by atoms with Crippen LogP contribution < -0.4 is 9.62 Å². The van der Waals surface area contributed by atoms with Gasteiger partial charge in [-0.25, -0.2) is 8.42 Å². The molecule has 24 heavy (non-hydrogen) atoms. The topological polar surface area (TPSA) is 66.5 Å². The predicted octanol–water partition coefficient (Wildman–Crippen LogP) is 3.55. The van der Waals surface area contributed by atoms with E-state index < -0.39 is 10.0 Å². The second-order valence-electron chi connectivity index (χ2n) is 5.94. The molecule has 0 radical (unpaired) electrons. The molecule has 1 aromatic carbocycles. The summed E-state index contributed by atoms with van der Waals surface area (Å²) in [4.78, 5) is 12.2. The van der Waals surface area contributed by atoms with E-state index in [1.165, 1.54) is 0 Å². The molecule has 0 fully saturated rings. The maximum Gasteiger partial charge on any atom is 0.240 e. The standard InChI is InChI=1S/C17H27BrN2O3S/c1-4-6-9-14(5-2)12-19-17(21)13-20(24(3,22)23)16-11-8-7-10-15(16)18/h7-8,10-11,14H,4-6,9,12-13H2,1-3H3,(H,19,21)/t14-/m1/s1. The van der Waals surface area contributed by atoms with Crippen molar-refractivity contribution >= 4 is 37.5 Å². The minimum absolute atomic E-state index is 0.217. The summed E-state index contributed by atoms with van der Waals surface area (Å²) >= 11 is 3.34. The van der Waals surface area contributed by atoms with Gasteiger partial charge in [0.1, 0.15) is 6.54 Å². The minimum Gasteiger partial charge on any atom is -0.354 e. The lowest BCUT2D eigenvalue weighted by Crippen LogP contribution is -2.41. The van der Waals surface area contributed by atoms with Gasteiger partial charge in [0.15, 0.2) is 0 Å². The van der Waals surface area contributed by atoms with Crippen molar-refractivity contribution in [3.05, 3.63) is 28.7 Å². The highest BCUT2D eigenvalue weighted by Gasteiger charge is 2.22. The van der Waals surface area contributed by atoms with Crippen molar-refractivity contribution in [2.75, 3.05) is 23.7 Å². The Kier molecular flexibility index (Phi) is 8.76. The predicted molar refractivity (Wildman–Crippen MR) is 103 cm³/mol. The molecule has 0 saturated carbocycles. The van der Waals surface area contributed by atoms with Gasteiger partial charge in [-0.05, 0) is 40.4 Å². The summed E-state index contributed by atoms with van der Waals surface area (Å²) in [5.41, 5.74) is 0.466. The van der Waals surface area contributed by atoms with E-state index in [-0.39, 0.29) is 12.5 Å². The van der Waals surface area contributed by atoms with Crippen molar-refractivity contribution in [1.82, 2.24) is 5.32 Å². The van der Waals surface area contributed by atoms with Gasteiger partial charge < -0.3 is 5.32 Å². The van der Waals surface area contributed by atoms with Crippen LogP contribution in [-0.2, 0) is 14.8 Å². The molecule has 5 nitrogen and oxygen atoms in total. The number of hydrogen-bond acceptors (Lipinski definition) is 3. The van der Waals surface area contributed by atoms with Gasteiger partial charge in [-0.3, -0.25) is 9.10 Å². The number of unbranched alkanes of at least 4 members (excludes halogenated alkanes) is 1. The van der Waals surface area contributed by atoms with Crippen molar-refractivity contribution < 1.29 is 13.2 Å². The van der Waals surface area contributed by atoms with Crippen LogP contribution in [0.1, 0.15) is 39.5 Å². The second kappa shape index (κ2) is 10.0. The minimum atomic E-state index is -3.55. The summed E-state index contributed by atoms with van der Waals surface area (Å²) in [6.45, 7) is 4.62. The molecule has 0 aromatic heterocycles. The van der Waals surface area contributed by atoms with Gasteiger partial charge in [-0.1, -0.05) is 45.2 Å². The molecule has 0 aliphatic rings. The SMILES string of the molecule is CCCC[C@@H](CC)CNC(=O)CN(c1ccccc1Br)S(C)(=O)=O. The Hall–Kier alpha value is -1.08. The van der Waals surface area contributed by atoms with Crippen LogP contribution in [0.15, 0.2) is 28.7 Å². The van der Waals surface area contributed by atoms with Gasteiger partial charge in [0, 0.05) is 11.0 Å². The third-order valence-corrected chi connectivity index (χ3v) is 5.74. The number of carbonyl (C=O) groups is 1. The zero-order valence-electron chi connectivity index (χ0n) is 14.6. The van der Waals surface area contributed by atoms with Crippen LogP contribution >= 0.6 is 15.9 Å². The monoisotopic (exact) mass is 418 g/mol. The molecule has 1 aromatic rings. The Labute approximate surface area is 154 Å². The summed E-state index contributed by atoms with van der Waals surface area (Å²) in [5.74, 6) is 0.148. The normalized spacial score (nSPS) is 12.7. The van der Waals surface area contributed by atoms with E-state index in [0.717, 1.165) is 36.2 Å². The van der Waals surface area contributed by atoms with Crippen molar-refractivity contribution in [2.45, 2.75) is 39.5 Å². The Bertz CT molecular complexity index is 634. The first-order valence-electron chi connectivity index (χ1n) is 8.28. The van der Waals surface area contributed by atoms with E-state index in [4.69, 9.17) is 0 Å². The maximum absolute atomic E-state index is 12.2. The largest absolute Gasteiger partial charge is 0.354 e. The fourth-order valence-corrected chi connectivity index (χ4v) is 3.91. The highest BCUT2D eigenvalue weighted by atomic mass is 79.9. The first kappa shape index (κ1) is 21.0. The third kappa shape index (κ3) is 6.81. The maximum atomic E-state index is 12.2. The highest BCUT2D eigenvalue weighted by Crippen LogP contribution is 2.27. The van der Waals surface area contributed by atoms with E-state index in [0.29, 0.717) is 22.6 Å². The Morgan fingerprint density at radius 3 is 2.50 bits per heavy atom. The smallest absolute Gasteiger partial charge is 0.240 e. The Morgan fingerprint density at radius 2 is 1.96 bits per heavy atom. The van der Waals surface area contributed by atoms with E-state index in [9.17, 15) is 13.2 Å². The molecular formula is C17H27BrN2O3S. The van der Waals surface area contributed by atoms with Crippen LogP contribution in [0, 0.1) is 5.92 Å². The molecule has 1 N–H and O–H groups in total. The van der Waals surface area contributed by atoms with Gasteiger partial charge >= 0.3 is 0 Å². The van der Waals surface area contributed by atoms with E-state index in [2.05, 4.69) is 35.1 Å². The second-order valence-corrected chi connectivity index (χ2v) is 8.70. The zero-order valence-corrected chi connectivity index (χ0v) is 17.0. The van der Waals surface area contributed by atoms with Crippen molar-refractivity contribution in [3.8, 4) is 0 Å².